The van der Waals surface area contributed by atoms with Gasteiger partial charge in [0.05, 0.1) is 11.7 Å². The summed E-state index contributed by atoms with van der Waals surface area (Å²) in [6.07, 6.45) is -3.94. The van der Waals surface area contributed by atoms with Gasteiger partial charge in [-0.25, -0.2) is 0 Å². The van der Waals surface area contributed by atoms with E-state index in [9.17, 15) is 23.1 Å². The largest absolute Gasteiger partial charge is 0.416 e. The van der Waals surface area contributed by atoms with E-state index in [1.54, 1.807) is 48.5 Å². The molecule has 36 heavy (non-hydrogen) atoms. The molecule has 1 amide bonds. The number of hydrogen-bond donors (Lipinski definition) is 2. The van der Waals surface area contributed by atoms with Crippen LogP contribution in [0.4, 0.5) is 18.9 Å². The Kier molecular flexibility index (Phi) is 7.50. The van der Waals surface area contributed by atoms with E-state index >= 15 is 0 Å². The van der Waals surface area contributed by atoms with Crippen LogP contribution in [0.15, 0.2) is 91.0 Å². The number of halogens is 3. The number of nitrogens with zero attached hydrogens (tertiary/aromatic N) is 1. The van der Waals surface area contributed by atoms with Crippen LogP contribution < -0.4 is 5.32 Å². The van der Waals surface area contributed by atoms with Crippen LogP contribution in [-0.2, 0) is 12.6 Å². The van der Waals surface area contributed by atoms with E-state index in [-0.39, 0.29) is 5.91 Å². The molecule has 1 atom stereocenters. The molecule has 0 bridgehead atoms. The molecule has 0 spiro atoms. The number of aliphatic hydroxyl groups excluding tert-OH is 1. The first kappa shape index (κ1) is 25.1. The third-order valence-electron chi connectivity index (χ3n) is 5.87. The molecule has 3 aromatic carbocycles. The fourth-order valence-corrected chi connectivity index (χ4v) is 3.95. The number of carbonyl (C=O) groups excluding carboxylic acids is 1. The number of anilines is 1. The minimum absolute atomic E-state index is 0.340. The molecular weight excluding hydrogens is 465 g/mol. The van der Waals surface area contributed by atoms with Crippen molar-refractivity contribution in [2.24, 2.45) is 0 Å². The fourth-order valence-electron chi connectivity index (χ4n) is 3.95. The van der Waals surface area contributed by atoms with Crippen molar-refractivity contribution >= 4 is 11.6 Å². The van der Waals surface area contributed by atoms with E-state index in [2.05, 4.69) is 10.3 Å². The highest BCUT2D eigenvalue weighted by Crippen LogP contribution is 2.32. The highest BCUT2D eigenvalue weighted by Gasteiger charge is 2.30. The van der Waals surface area contributed by atoms with Crippen molar-refractivity contribution in [3.8, 4) is 11.1 Å². The second-order valence-electron chi connectivity index (χ2n) is 8.52. The fraction of sp³-hybridized carbons (Fsp3) is 0.172. The van der Waals surface area contributed by atoms with Crippen LogP contribution in [0.5, 0.6) is 0 Å². The molecule has 184 valence electrons. The lowest BCUT2D eigenvalue weighted by atomic mass is 9.98. The Balaban J connectivity index is 1.43. The summed E-state index contributed by atoms with van der Waals surface area (Å²) in [5, 5.41) is 13.4. The lowest BCUT2D eigenvalue weighted by Crippen LogP contribution is -2.13. The van der Waals surface area contributed by atoms with Crippen molar-refractivity contribution in [3.63, 3.8) is 0 Å². The zero-order valence-corrected chi connectivity index (χ0v) is 19.6. The van der Waals surface area contributed by atoms with E-state index in [0.29, 0.717) is 35.2 Å². The molecule has 2 N–H and O–H groups in total. The Labute approximate surface area is 207 Å². The molecule has 4 aromatic rings. The minimum atomic E-state index is -4.42. The quantitative estimate of drug-likeness (QED) is 0.293. The van der Waals surface area contributed by atoms with Gasteiger partial charge in [0.25, 0.3) is 5.91 Å². The smallest absolute Gasteiger partial charge is 0.388 e. The van der Waals surface area contributed by atoms with E-state index in [1.807, 2.05) is 25.1 Å². The third kappa shape index (κ3) is 6.17. The second kappa shape index (κ2) is 10.7. The number of hydrogen-bond acceptors (Lipinski definition) is 3. The molecule has 0 aliphatic rings. The molecule has 0 saturated carbocycles. The molecule has 7 heteroatoms. The highest BCUT2D eigenvalue weighted by molar-refractivity contribution is 6.08. The lowest BCUT2D eigenvalue weighted by molar-refractivity contribution is -0.137. The van der Waals surface area contributed by atoms with E-state index in [4.69, 9.17) is 0 Å². The van der Waals surface area contributed by atoms with Crippen LogP contribution in [0.2, 0.25) is 0 Å². The number of aromatic nitrogens is 1. The van der Waals surface area contributed by atoms with Gasteiger partial charge in [-0.1, -0.05) is 48.5 Å². The summed E-state index contributed by atoms with van der Waals surface area (Å²) < 4.78 is 38.7. The Hall–Kier alpha value is -3.97. The number of nitrogens with one attached hydrogen (secondary N) is 1. The number of pyridine rings is 1. The van der Waals surface area contributed by atoms with Gasteiger partial charge in [0.1, 0.15) is 0 Å². The molecular formula is C29H25F3N2O2. The molecule has 1 unspecified atom stereocenters. The standard InChI is InChI=1S/C29H25F3N2O2/c1-19-5-4-6-23(33-19)17-18-27(35)21-11-15-24(16-12-21)34-28(36)26-8-3-2-7-25(26)20-9-13-22(14-10-20)29(30,31)32/h2-16,27,35H,17-18H2,1H3,(H,34,36). The Morgan fingerprint density at radius 1 is 0.917 bits per heavy atom. The van der Waals surface area contributed by atoms with E-state index in [1.165, 1.54) is 12.1 Å². The number of rotatable bonds is 7. The molecule has 0 saturated heterocycles. The van der Waals surface area contributed by atoms with Crippen molar-refractivity contribution in [2.45, 2.75) is 32.0 Å². The van der Waals surface area contributed by atoms with E-state index in [0.717, 1.165) is 29.1 Å². The minimum Gasteiger partial charge on any atom is -0.388 e. The average Bonchev–Trinajstić information content (AvgIpc) is 2.87. The predicted molar refractivity (Wildman–Crippen MR) is 134 cm³/mol. The average molecular weight is 491 g/mol. The van der Waals surface area contributed by atoms with Crippen LogP contribution in [0.25, 0.3) is 11.1 Å². The molecule has 0 fully saturated rings. The van der Waals surface area contributed by atoms with Crippen LogP contribution in [0, 0.1) is 6.92 Å². The normalized spacial score (nSPS) is 12.2. The van der Waals surface area contributed by atoms with Crippen molar-refractivity contribution in [3.05, 3.63) is 119 Å². The van der Waals surface area contributed by atoms with Crippen LogP contribution >= 0.6 is 0 Å². The molecule has 0 aliphatic carbocycles. The van der Waals surface area contributed by atoms with Crippen LogP contribution in [-0.4, -0.2) is 16.0 Å². The first-order valence-corrected chi connectivity index (χ1v) is 11.5. The molecule has 1 aromatic heterocycles. The summed E-state index contributed by atoms with van der Waals surface area (Å²) in [6.45, 7) is 1.93. The Morgan fingerprint density at radius 3 is 2.28 bits per heavy atom. The molecule has 0 radical (unpaired) electrons. The Bertz CT molecular complexity index is 1330. The number of amides is 1. The summed E-state index contributed by atoms with van der Waals surface area (Å²) in [4.78, 5) is 17.4. The topological polar surface area (TPSA) is 62.2 Å². The summed E-state index contributed by atoms with van der Waals surface area (Å²) in [5.74, 6) is -0.385. The molecule has 0 aliphatic heterocycles. The monoisotopic (exact) mass is 490 g/mol. The van der Waals surface area contributed by atoms with Crippen LogP contribution in [0.1, 0.15) is 45.4 Å². The summed E-state index contributed by atoms with van der Waals surface area (Å²) in [6, 6.07) is 24.2. The van der Waals surface area contributed by atoms with E-state index < -0.39 is 17.8 Å². The second-order valence-corrected chi connectivity index (χ2v) is 8.52. The highest BCUT2D eigenvalue weighted by atomic mass is 19.4. The van der Waals surface area contributed by atoms with Gasteiger partial charge in [-0.15, -0.1) is 0 Å². The molecule has 4 rings (SSSR count). The van der Waals surface area contributed by atoms with Gasteiger partial charge >= 0.3 is 6.18 Å². The number of alkyl halides is 3. The van der Waals surface area contributed by atoms with Crippen molar-refractivity contribution in [1.82, 2.24) is 4.98 Å². The zero-order chi connectivity index (χ0) is 25.7. The summed E-state index contributed by atoms with van der Waals surface area (Å²) in [7, 11) is 0. The van der Waals surface area contributed by atoms with Gasteiger partial charge in [-0.3, -0.25) is 9.78 Å². The maximum Gasteiger partial charge on any atom is 0.416 e. The van der Waals surface area contributed by atoms with Crippen molar-refractivity contribution < 1.29 is 23.1 Å². The maximum absolute atomic E-state index is 13.0. The molecule has 1 heterocycles. The number of benzene rings is 3. The lowest BCUT2D eigenvalue weighted by Gasteiger charge is -2.14. The van der Waals surface area contributed by atoms with Gasteiger partial charge in [0.2, 0.25) is 0 Å². The molecule has 4 nitrogen and oxygen atoms in total. The first-order chi connectivity index (χ1) is 17.2. The maximum atomic E-state index is 13.0. The zero-order valence-electron chi connectivity index (χ0n) is 19.6. The third-order valence-corrected chi connectivity index (χ3v) is 5.87. The van der Waals surface area contributed by atoms with Crippen molar-refractivity contribution in [1.29, 1.82) is 0 Å². The SMILES string of the molecule is Cc1cccc(CCC(O)c2ccc(NC(=O)c3ccccc3-c3ccc(C(F)(F)F)cc3)cc2)n1. The summed E-state index contributed by atoms with van der Waals surface area (Å²) in [5.41, 5.74) is 3.75. The number of aryl methyl sites for hydroxylation is 2. The van der Waals surface area contributed by atoms with Gasteiger partial charge < -0.3 is 10.4 Å². The van der Waals surface area contributed by atoms with Crippen molar-refractivity contribution in [2.75, 3.05) is 5.32 Å². The predicted octanol–water partition coefficient (Wildman–Crippen LogP) is 6.99. The van der Waals surface area contributed by atoms with Gasteiger partial charge in [0, 0.05) is 22.6 Å². The summed E-state index contributed by atoms with van der Waals surface area (Å²) >= 11 is 0. The van der Waals surface area contributed by atoms with Gasteiger partial charge in [-0.2, -0.15) is 13.2 Å². The number of aliphatic hydroxyl groups is 1. The number of carbonyl (C=O) groups is 1. The van der Waals surface area contributed by atoms with Gasteiger partial charge in [0.15, 0.2) is 0 Å². The van der Waals surface area contributed by atoms with Crippen LogP contribution in [0.3, 0.4) is 0 Å². The Morgan fingerprint density at radius 2 is 1.61 bits per heavy atom. The van der Waals surface area contributed by atoms with Gasteiger partial charge in [-0.05, 0) is 78.9 Å². The first-order valence-electron chi connectivity index (χ1n) is 11.5.